The fraction of sp³-hybridized carbons (Fsp3) is 0.286. The molecule has 0 radical (unpaired) electrons. The molecule has 6 heteroatoms. The van der Waals surface area contributed by atoms with Crippen LogP contribution in [0.15, 0.2) is 28.9 Å². The molecule has 0 bridgehead atoms. The van der Waals surface area contributed by atoms with Crippen molar-refractivity contribution in [3.05, 3.63) is 34.4 Å². The monoisotopic (exact) mass is 338 g/mol. The van der Waals surface area contributed by atoms with Crippen LogP contribution in [0, 0.1) is 6.92 Å². The van der Waals surface area contributed by atoms with Crippen LogP contribution < -0.4 is 10.2 Å². The van der Waals surface area contributed by atoms with Gasteiger partial charge in [-0.25, -0.2) is 5.48 Å². The van der Waals surface area contributed by atoms with Gasteiger partial charge in [-0.15, -0.1) is 0 Å². The van der Waals surface area contributed by atoms with E-state index in [1.165, 1.54) is 0 Å². The molecule has 0 saturated carbocycles. The van der Waals surface area contributed by atoms with E-state index in [9.17, 15) is 4.79 Å². The summed E-state index contributed by atoms with van der Waals surface area (Å²) < 4.78 is 6.66. The van der Waals surface area contributed by atoms with E-state index in [-0.39, 0.29) is 6.42 Å². The third-order valence-corrected chi connectivity index (χ3v) is 3.60. The molecular formula is C14H15BrN2O3. The summed E-state index contributed by atoms with van der Waals surface area (Å²) in [5, 5.41) is 9.42. The van der Waals surface area contributed by atoms with Gasteiger partial charge in [-0.2, -0.15) is 0 Å². The predicted molar refractivity (Wildman–Crippen MR) is 78.8 cm³/mol. The van der Waals surface area contributed by atoms with Crippen molar-refractivity contribution in [1.29, 1.82) is 0 Å². The molecule has 5 nitrogen and oxygen atoms in total. The molecule has 106 valence electrons. The normalized spacial score (nSPS) is 10.6. The standard InChI is InChI=1S/C14H15BrN2O3/c1-9-6-7-16-14-11(5-4-10(15)13(9)14)20-8-2-3-12(18)17-19/h4-7,19H,2-3,8H2,1H3,(H,17,18). The maximum atomic E-state index is 10.9. The van der Waals surface area contributed by atoms with Gasteiger partial charge in [0.05, 0.1) is 6.61 Å². The van der Waals surface area contributed by atoms with Gasteiger partial charge in [-0.3, -0.25) is 15.0 Å². The van der Waals surface area contributed by atoms with Gasteiger partial charge >= 0.3 is 0 Å². The second kappa shape index (κ2) is 6.67. The average Bonchev–Trinajstić information content (AvgIpc) is 2.45. The Labute approximate surface area is 125 Å². The van der Waals surface area contributed by atoms with Crippen LogP contribution in [0.2, 0.25) is 0 Å². The van der Waals surface area contributed by atoms with Crippen LogP contribution in [0.1, 0.15) is 18.4 Å². The van der Waals surface area contributed by atoms with E-state index in [0.717, 1.165) is 20.9 Å². The molecule has 1 heterocycles. The molecule has 2 rings (SSSR count). The molecular weight excluding hydrogens is 324 g/mol. The lowest BCUT2D eigenvalue weighted by molar-refractivity contribution is -0.129. The summed E-state index contributed by atoms with van der Waals surface area (Å²) in [6.45, 7) is 2.41. The molecule has 1 aromatic carbocycles. The van der Waals surface area contributed by atoms with Crippen LogP contribution in [-0.4, -0.2) is 22.7 Å². The predicted octanol–water partition coefficient (Wildman–Crippen LogP) is 2.97. The highest BCUT2D eigenvalue weighted by molar-refractivity contribution is 9.10. The summed E-state index contributed by atoms with van der Waals surface area (Å²) in [5.41, 5.74) is 3.51. The lowest BCUT2D eigenvalue weighted by Crippen LogP contribution is -2.18. The first kappa shape index (κ1) is 14.7. The van der Waals surface area contributed by atoms with Crippen molar-refractivity contribution in [1.82, 2.24) is 10.5 Å². The number of nitrogens with one attached hydrogen (secondary N) is 1. The number of hydrogen-bond donors (Lipinski definition) is 2. The number of pyridine rings is 1. The molecule has 20 heavy (non-hydrogen) atoms. The molecule has 0 aliphatic heterocycles. The number of benzene rings is 1. The van der Waals surface area contributed by atoms with Crippen LogP contribution in [0.25, 0.3) is 10.9 Å². The minimum Gasteiger partial charge on any atom is -0.491 e. The number of nitrogens with zero attached hydrogens (tertiary/aromatic N) is 1. The van der Waals surface area contributed by atoms with Crippen molar-refractivity contribution in [2.24, 2.45) is 0 Å². The Morgan fingerprint density at radius 3 is 3.00 bits per heavy atom. The highest BCUT2D eigenvalue weighted by atomic mass is 79.9. The Kier molecular flexibility index (Phi) is 4.92. The summed E-state index contributed by atoms with van der Waals surface area (Å²) in [6.07, 6.45) is 2.49. The largest absolute Gasteiger partial charge is 0.491 e. The topological polar surface area (TPSA) is 71.5 Å². The fourth-order valence-electron chi connectivity index (χ4n) is 1.94. The van der Waals surface area contributed by atoms with Crippen molar-refractivity contribution in [3.8, 4) is 5.75 Å². The van der Waals surface area contributed by atoms with Gasteiger partial charge in [0.1, 0.15) is 11.3 Å². The fourth-order valence-corrected chi connectivity index (χ4v) is 2.58. The van der Waals surface area contributed by atoms with Crippen molar-refractivity contribution < 1.29 is 14.7 Å². The molecule has 0 unspecified atom stereocenters. The first-order valence-corrected chi connectivity index (χ1v) is 7.02. The summed E-state index contributed by atoms with van der Waals surface area (Å²) in [7, 11) is 0. The third kappa shape index (κ3) is 3.26. The van der Waals surface area contributed by atoms with Gasteiger partial charge in [0, 0.05) is 22.5 Å². The van der Waals surface area contributed by atoms with Gasteiger partial charge < -0.3 is 4.74 Å². The summed E-state index contributed by atoms with van der Waals surface area (Å²) in [5.74, 6) is 0.277. The zero-order valence-corrected chi connectivity index (χ0v) is 12.6. The van der Waals surface area contributed by atoms with Crippen LogP contribution in [0.3, 0.4) is 0 Å². The summed E-state index contributed by atoms with van der Waals surface area (Å²) in [6, 6.07) is 5.72. The second-order valence-corrected chi connectivity index (χ2v) is 5.24. The Balaban J connectivity index is 2.13. The Morgan fingerprint density at radius 2 is 2.25 bits per heavy atom. The van der Waals surface area contributed by atoms with Gasteiger partial charge in [0.2, 0.25) is 5.91 Å². The van der Waals surface area contributed by atoms with Crippen LogP contribution in [0.4, 0.5) is 0 Å². The molecule has 1 aromatic heterocycles. The SMILES string of the molecule is Cc1ccnc2c(OCCCC(=O)NO)ccc(Br)c12. The van der Waals surface area contributed by atoms with E-state index in [2.05, 4.69) is 20.9 Å². The molecule has 1 amide bonds. The van der Waals surface area contributed by atoms with Crippen molar-refractivity contribution in [2.75, 3.05) is 6.61 Å². The number of aryl methyl sites for hydroxylation is 1. The number of hydrogen-bond acceptors (Lipinski definition) is 4. The molecule has 0 aliphatic carbocycles. The quantitative estimate of drug-likeness (QED) is 0.499. The Morgan fingerprint density at radius 1 is 1.45 bits per heavy atom. The van der Waals surface area contributed by atoms with E-state index in [1.54, 1.807) is 11.7 Å². The second-order valence-electron chi connectivity index (χ2n) is 4.38. The highest BCUT2D eigenvalue weighted by Gasteiger charge is 2.09. The molecule has 0 atom stereocenters. The molecule has 0 saturated heterocycles. The summed E-state index contributed by atoms with van der Waals surface area (Å²) in [4.78, 5) is 15.2. The summed E-state index contributed by atoms with van der Waals surface area (Å²) >= 11 is 3.52. The number of rotatable bonds is 5. The van der Waals surface area contributed by atoms with E-state index in [1.807, 2.05) is 25.1 Å². The number of ether oxygens (including phenoxy) is 1. The number of carbonyl (C=O) groups is 1. The van der Waals surface area contributed by atoms with E-state index in [0.29, 0.717) is 18.8 Å². The molecule has 0 fully saturated rings. The van der Waals surface area contributed by atoms with Gasteiger partial charge in [0.15, 0.2) is 0 Å². The molecule has 2 aromatic rings. The van der Waals surface area contributed by atoms with Crippen LogP contribution >= 0.6 is 15.9 Å². The number of carbonyl (C=O) groups excluding carboxylic acids is 1. The number of aromatic nitrogens is 1. The first-order valence-electron chi connectivity index (χ1n) is 6.23. The maximum absolute atomic E-state index is 10.9. The van der Waals surface area contributed by atoms with E-state index in [4.69, 9.17) is 9.94 Å². The van der Waals surface area contributed by atoms with Crippen LogP contribution in [0.5, 0.6) is 5.75 Å². The van der Waals surface area contributed by atoms with Crippen molar-refractivity contribution in [2.45, 2.75) is 19.8 Å². The number of hydroxylamine groups is 1. The Hall–Kier alpha value is -1.66. The zero-order valence-electron chi connectivity index (χ0n) is 11.0. The molecule has 0 spiro atoms. The maximum Gasteiger partial charge on any atom is 0.243 e. The van der Waals surface area contributed by atoms with Crippen molar-refractivity contribution in [3.63, 3.8) is 0 Å². The Bertz CT molecular complexity index is 623. The van der Waals surface area contributed by atoms with Crippen molar-refractivity contribution >= 4 is 32.7 Å². The van der Waals surface area contributed by atoms with E-state index >= 15 is 0 Å². The minimum absolute atomic E-state index is 0.220. The van der Waals surface area contributed by atoms with Gasteiger partial charge in [-0.05, 0) is 37.1 Å². The molecule has 0 aliphatic rings. The lowest BCUT2D eigenvalue weighted by atomic mass is 10.1. The smallest absolute Gasteiger partial charge is 0.243 e. The average molecular weight is 339 g/mol. The van der Waals surface area contributed by atoms with Crippen LogP contribution in [-0.2, 0) is 4.79 Å². The zero-order chi connectivity index (χ0) is 14.5. The number of halogens is 1. The first-order chi connectivity index (χ1) is 9.63. The third-order valence-electron chi connectivity index (χ3n) is 2.94. The number of fused-ring (bicyclic) bond motifs is 1. The van der Waals surface area contributed by atoms with Gasteiger partial charge in [-0.1, -0.05) is 15.9 Å². The highest BCUT2D eigenvalue weighted by Crippen LogP contribution is 2.32. The molecule has 2 N–H and O–H groups in total. The van der Waals surface area contributed by atoms with Gasteiger partial charge in [0.25, 0.3) is 0 Å². The number of amides is 1. The lowest BCUT2D eigenvalue weighted by Gasteiger charge is -2.11. The van der Waals surface area contributed by atoms with E-state index < -0.39 is 5.91 Å². The minimum atomic E-state index is -0.414.